The molecule has 0 amide bonds. The van der Waals surface area contributed by atoms with E-state index < -0.39 is 0 Å². The van der Waals surface area contributed by atoms with E-state index in [1.165, 1.54) is 58.2 Å². The lowest BCUT2D eigenvalue weighted by atomic mass is 9.96. The smallest absolute Gasteiger partial charge is 0.0238 e. The van der Waals surface area contributed by atoms with Crippen molar-refractivity contribution in [3.8, 4) is 0 Å². The summed E-state index contributed by atoms with van der Waals surface area (Å²) in [6, 6.07) is 0.797. The standard InChI is InChI=1S/C15H30N2/c1-4-6-13-7-5-9-17(10-8-13)14-11-15(2,3)16-12-14/h13-14,16H,4-12H2,1-3H3. The van der Waals surface area contributed by atoms with Gasteiger partial charge in [-0.15, -0.1) is 0 Å². The third kappa shape index (κ3) is 3.69. The maximum absolute atomic E-state index is 3.66. The van der Waals surface area contributed by atoms with Gasteiger partial charge in [0.05, 0.1) is 0 Å². The van der Waals surface area contributed by atoms with E-state index in [0.29, 0.717) is 5.54 Å². The van der Waals surface area contributed by atoms with Crippen molar-refractivity contribution in [1.29, 1.82) is 0 Å². The molecule has 0 spiro atoms. The second-order valence-corrected chi connectivity index (χ2v) is 6.74. The van der Waals surface area contributed by atoms with Gasteiger partial charge in [-0.1, -0.05) is 19.8 Å². The number of likely N-dealkylation sites (tertiary alicyclic amines) is 1. The van der Waals surface area contributed by atoms with Crippen LogP contribution in [0, 0.1) is 5.92 Å². The van der Waals surface area contributed by atoms with Crippen LogP contribution in [-0.4, -0.2) is 36.1 Å². The molecule has 2 rings (SSSR count). The Kier molecular flexibility index (Phi) is 4.48. The van der Waals surface area contributed by atoms with Crippen LogP contribution in [0.15, 0.2) is 0 Å². The van der Waals surface area contributed by atoms with E-state index in [9.17, 15) is 0 Å². The van der Waals surface area contributed by atoms with Gasteiger partial charge in [0.1, 0.15) is 0 Å². The molecule has 0 aliphatic carbocycles. The van der Waals surface area contributed by atoms with E-state index in [0.717, 1.165) is 12.0 Å². The van der Waals surface area contributed by atoms with Crippen molar-refractivity contribution in [1.82, 2.24) is 10.2 Å². The summed E-state index contributed by atoms with van der Waals surface area (Å²) in [5, 5.41) is 3.66. The summed E-state index contributed by atoms with van der Waals surface area (Å²) in [4.78, 5) is 2.76. The minimum absolute atomic E-state index is 0.361. The summed E-state index contributed by atoms with van der Waals surface area (Å²) in [5.41, 5.74) is 0.361. The minimum Gasteiger partial charge on any atom is -0.310 e. The zero-order valence-electron chi connectivity index (χ0n) is 12.0. The molecule has 0 aromatic rings. The Morgan fingerprint density at radius 2 is 2.06 bits per heavy atom. The van der Waals surface area contributed by atoms with Crippen LogP contribution < -0.4 is 5.32 Å². The first kappa shape index (κ1) is 13.4. The Morgan fingerprint density at radius 3 is 2.71 bits per heavy atom. The van der Waals surface area contributed by atoms with Crippen LogP contribution >= 0.6 is 0 Å². The second-order valence-electron chi connectivity index (χ2n) is 6.74. The van der Waals surface area contributed by atoms with Gasteiger partial charge in [-0.2, -0.15) is 0 Å². The first-order chi connectivity index (χ1) is 8.11. The minimum atomic E-state index is 0.361. The molecule has 2 heteroatoms. The van der Waals surface area contributed by atoms with Gasteiger partial charge in [0.2, 0.25) is 0 Å². The van der Waals surface area contributed by atoms with Gasteiger partial charge < -0.3 is 5.32 Å². The van der Waals surface area contributed by atoms with E-state index in [2.05, 4.69) is 31.0 Å². The highest BCUT2D eigenvalue weighted by Crippen LogP contribution is 2.27. The number of hydrogen-bond acceptors (Lipinski definition) is 2. The van der Waals surface area contributed by atoms with Crippen LogP contribution in [0.5, 0.6) is 0 Å². The van der Waals surface area contributed by atoms with E-state index in [-0.39, 0.29) is 0 Å². The molecule has 2 nitrogen and oxygen atoms in total. The number of nitrogens with one attached hydrogen (secondary N) is 1. The van der Waals surface area contributed by atoms with Crippen molar-refractivity contribution in [3.05, 3.63) is 0 Å². The Hall–Kier alpha value is -0.0800. The molecule has 2 unspecified atom stereocenters. The van der Waals surface area contributed by atoms with Crippen LogP contribution in [0.25, 0.3) is 0 Å². The van der Waals surface area contributed by atoms with E-state index in [1.807, 2.05) is 0 Å². The average Bonchev–Trinajstić information content (AvgIpc) is 2.51. The highest BCUT2D eigenvalue weighted by atomic mass is 15.2. The summed E-state index contributed by atoms with van der Waals surface area (Å²) >= 11 is 0. The Balaban J connectivity index is 1.83. The van der Waals surface area contributed by atoms with E-state index in [1.54, 1.807) is 0 Å². The molecule has 2 aliphatic heterocycles. The van der Waals surface area contributed by atoms with Crippen LogP contribution in [0.4, 0.5) is 0 Å². The quantitative estimate of drug-likeness (QED) is 0.813. The number of hydrogen-bond donors (Lipinski definition) is 1. The normalized spacial score (nSPS) is 34.8. The predicted octanol–water partition coefficient (Wildman–Crippen LogP) is 3.03. The predicted molar refractivity (Wildman–Crippen MR) is 74.3 cm³/mol. The van der Waals surface area contributed by atoms with Crippen molar-refractivity contribution >= 4 is 0 Å². The van der Waals surface area contributed by atoms with Crippen LogP contribution in [0.2, 0.25) is 0 Å². The lowest BCUT2D eigenvalue weighted by Gasteiger charge is -2.27. The highest BCUT2D eigenvalue weighted by Gasteiger charge is 2.34. The molecule has 2 atom stereocenters. The molecule has 2 saturated heterocycles. The highest BCUT2D eigenvalue weighted by molar-refractivity contribution is 4.94. The van der Waals surface area contributed by atoms with Gasteiger partial charge in [0.15, 0.2) is 0 Å². The monoisotopic (exact) mass is 238 g/mol. The largest absolute Gasteiger partial charge is 0.310 e. The van der Waals surface area contributed by atoms with Gasteiger partial charge in [-0.25, -0.2) is 0 Å². The number of nitrogens with zero attached hydrogens (tertiary/aromatic N) is 1. The maximum Gasteiger partial charge on any atom is 0.0238 e. The van der Waals surface area contributed by atoms with Gasteiger partial charge in [-0.3, -0.25) is 4.90 Å². The van der Waals surface area contributed by atoms with Crippen LogP contribution in [0.3, 0.4) is 0 Å². The second kappa shape index (κ2) is 5.71. The van der Waals surface area contributed by atoms with Crippen molar-refractivity contribution in [2.24, 2.45) is 5.92 Å². The van der Waals surface area contributed by atoms with Crippen molar-refractivity contribution in [3.63, 3.8) is 0 Å². The molecule has 0 saturated carbocycles. The zero-order valence-corrected chi connectivity index (χ0v) is 12.0. The van der Waals surface area contributed by atoms with Gasteiger partial charge in [0.25, 0.3) is 0 Å². The zero-order chi connectivity index (χ0) is 12.3. The Morgan fingerprint density at radius 1 is 1.24 bits per heavy atom. The molecule has 2 fully saturated rings. The molecule has 2 heterocycles. The maximum atomic E-state index is 3.66. The Labute approximate surface area is 107 Å². The summed E-state index contributed by atoms with van der Waals surface area (Å²) in [6.07, 6.45) is 8.45. The fourth-order valence-electron chi connectivity index (χ4n) is 3.64. The van der Waals surface area contributed by atoms with Gasteiger partial charge in [0, 0.05) is 18.1 Å². The molecule has 1 N–H and O–H groups in total. The molecule has 100 valence electrons. The molecule has 2 aliphatic rings. The molecule has 0 aromatic carbocycles. The topological polar surface area (TPSA) is 15.3 Å². The van der Waals surface area contributed by atoms with Crippen LogP contribution in [-0.2, 0) is 0 Å². The van der Waals surface area contributed by atoms with Crippen molar-refractivity contribution in [2.75, 3.05) is 19.6 Å². The summed E-state index contributed by atoms with van der Waals surface area (Å²) < 4.78 is 0. The molecule has 0 radical (unpaired) electrons. The fraction of sp³-hybridized carbons (Fsp3) is 1.00. The summed E-state index contributed by atoms with van der Waals surface area (Å²) in [7, 11) is 0. The summed E-state index contributed by atoms with van der Waals surface area (Å²) in [6.45, 7) is 10.9. The molecule has 17 heavy (non-hydrogen) atoms. The lowest BCUT2D eigenvalue weighted by molar-refractivity contribution is 0.206. The molecule has 0 aromatic heterocycles. The third-order valence-corrected chi connectivity index (χ3v) is 4.66. The van der Waals surface area contributed by atoms with E-state index >= 15 is 0 Å². The average molecular weight is 238 g/mol. The first-order valence-corrected chi connectivity index (χ1v) is 7.60. The molecular weight excluding hydrogens is 208 g/mol. The van der Waals surface area contributed by atoms with E-state index in [4.69, 9.17) is 0 Å². The lowest BCUT2D eigenvalue weighted by Crippen LogP contribution is -2.37. The Bertz CT molecular complexity index is 237. The van der Waals surface area contributed by atoms with Gasteiger partial charge in [-0.05, 0) is 58.5 Å². The van der Waals surface area contributed by atoms with Crippen molar-refractivity contribution in [2.45, 2.75) is 70.9 Å². The first-order valence-electron chi connectivity index (χ1n) is 7.60. The molecular formula is C15H30N2. The fourth-order valence-corrected chi connectivity index (χ4v) is 3.64. The van der Waals surface area contributed by atoms with Crippen LogP contribution in [0.1, 0.15) is 59.3 Å². The van der Waals surface area contributed by atoms with Crippen molar-refractivity contribution < 1.29 is 0 Å². The number of rotatable bonds is 3. The molecule has 0 bridgehead atoms. The SMILES string of the molecule is CCCC1CCCN(C2CNC(C)(C)C2)CC1. The summed E-state index contributed by atoms with van der Waals surface area (Å²) in [5.74, 6) is 1.01. The van der Waals surface area contributed by atoms with Gasteiger partial charge >= 0.3 is 0 Å². The third-order valence-electron chi connectivity index (χ3n) is 4.66.